The number of hydrogen-bond acceptors (Lipinski definition) is 3. The highest BCUT2D eigenvalue weighted by Crippen LogP contribution is 2.37. The number of likely N-dealkylation sites (N-methyl/N-ethyl adjacent to an activating group) is 1. The van der Waals surface area contributed by atoms with Gasteiger partial charge in [-0.3, -0.25) is 0 Å². The van der Waals surface area contributed by atoms with Gasteiger partial charge in [-0.25, -0.2) is 0 Å². The second kappa shape index (κ2) is 5.71. The highest BCUT2D eigenvalue weighted by molar-refractivity contribution is 5.00. The van der Waals surface area contributed by atoms with Gasteiger partial charge in [-0.1, -0.05) is 6.42 Å². The predicted octanol–water partition coefficient (Wildman–Crippen LogP) is 1.98. The zero-order chi connectivity index (χ0) is 13.3. The molecule has 3 rings (SSSR count). The van der Waals surface area contributed by atoms with E-state index < -0.39 is 0 Å². The number of rotatable bonds is 5. The monoisotopic (exact) mass is 265 g/mol. The Balaban J connectivity index is 1.53. The molecule has 3 atom stereocenters. The summed E-state index contributed by atoms with van der Waals surface area (Å²) in [7, 11) is 4.51. The molecule has 1 saturated heterocycles. The van der Waals surface area contributed by atoms with Crippen LogP contribution < -0.4 is 10.6 Å². The SMILES string of the molecule is CN(C)C1(CNC2CCCC2C2CCCN2)CCC1. The van der Waals surface area contributed by atoms with Crippen molar-refractivity contribution in [1.29, 1.82) is 0 Å². The molecule has 1 aliphatic heterocycles. The van der Waals surface area contributed by atoms with Gasteiger partial charge in [-0.15, -0.1) is 0 Å². The maximum atomic E-state index is 3.95. The fourth-order valence-corrected chi connectivity index (χ4v) is 4.49. The van der Waals surface area contributed by atoms with E-state index >= 15 is 0 Å². The van der Waals surface area contributed by atoms with Crippen LogP contribution in [0.25, 0.3) is 0 Å². The van der Waals surface area contributed by atoms with E-state index in [1.54, 1.807) is 0 Å². The highest BCUT2D eigenvalue weighted by Gasteiger charge is 2.41. The summed E-state index contributed by atoms with van der Waals surface area (Å²) in [6.45, 7) is 2.45. The van der Waals surface area contributed by atoms with Gasteiger partial charge in [-0.2, -0.15) is 0 Å². The van der Waals surface area contributed by atoms with E-state index in [1.807, 2.05) is 0 Å². The molecule has 0 amide bonds. The van der Waals surface area contributed by atoms with Crippen LogP contribution in [0.3, 0.4) is 0 Å². The van der Waals surface area contributed by atoms with E-state index in [2.05, 4.69) is 29.6 Å². The van der Waals surface area contributed by atoms with E-state index in [0.717, 1.165) is 18.0 Å². The Hall–Kier alpha value is -0.120. The maximum absolute atomic E-state index is 3.95. The molecular formula is C16H31N3. The van der Waals surface area contributed by atoms with Crippen LogP contribution >= 0.6 is 0 Å². The first-order valence-electron chi connectivity index (χ1n) is 8.35. The Bertz CT molecular complexity index is 292. The van der Waals surface area contributed by atoms with Crippen LogP contribution in [0.1, 0.15) is 51.4 Å². The topological polar surface area (TPSA) is 27.3 Å². The van der Waals surface area contributed by atoms with E-state index in [0.29, 0.717) is 5.54 Å². The second-order valence-electron chi connectivity index (χ2n) is 7.26. The van der Waals surface area contributed by atoms with Gasteiger partial charge in [0.2, 0.25) is 0 Å². The summed E-state index contributed by atoms with van der Waals surface area (Å²) < 4.78 is 0. The number of hydrogen-bond donors (Lipinski definition) is 2. The third-order valence-electron chi connectivity index (χ3n) is 6.11. The van der Waals surface area contributed by atoms with Crippen LogP contribution in [0, 0.1) is 5.92 Å². The zero-order valence-corrected chi connectivity index (χ0v) is 12.8. The average molecular weight is 265 g/mol. The van der Waals surface area contributed by atoms with Crippen molar-refractivity contribution in [2.75, 3.05) is 27.2 Å². The Labute approximate surface area is 118 Å². The first-order valence-corrected chi connectivity index (χ1v) is 8.35. The van der Waals surface area contributed by atoms with Gasteiger partial charge in [0.25, 0.3) is 0 Å². The van der Waals surface area contributed by atoms with Crippen molar-refractivity contribution in [3.05, 3.63) is 0 Å². The lowest BCUT2D eigenvalue weighted by Gasteiger charge is -2.48. The molecule has 3 heteroatoms. The molecule has 0 aromatic heterocycles. The van der Waals surface area contributed by atoms with Crippen LogP contribution in [0.5, 0.6) is 0 Å². The highest BCUT2D eigenvalue weighted by atomic mass is 15.2. The van der Waals surface area contributed by atoms with Crippen LogP contribution in [-0.4, -0.2) is 49.7 Å². The summed E-state index contributed by atoms with van der Waals surface area (Å²) in [4.78, 5) is 2.46. The summed E-state index contributed by atoms with van der Waals surface area (Å²) in [6, 6.07) is 1.57. The molecule has 3 unspecified atom stereocenters. The van der Waals surface area contributed by atoms with Gasteiger partial charge in [0.05, 0.1) is 0 Å². The first kappa shape index (κ1) is 13.8. The van der Waals surface area contributed by atoms with Crippen LogP contribution in [0.15, 0.2) is 0 Å². The smallest absolute Gasteiger partial charge is 0.0328 e. The lowest BCUT2D eigenvalue weighted by molar-refractivity contribution is 0.0549. The zero-order valence-electron chi connectivity index (χ0n) is 12.8. The van der Waals surface area contributed by atoms with Crippen molar-refractivity contribution >= 4 is 0 Å². The average Bonchev–Trinajstić information content (AvgIpc) is 2.96. The van der Waals surface area contributed by atoms with Gasteiger partial charge in [0.15, 0.2) is 0 Å². The lowest BCUT2D eigenvalue weighted by atomic mass is 9.75. The third-order valence-corrected chi connectivity index (χ3v) is 6.11. The second-order valence-corrected chi connectivity index (χ2v) is 7.26. The molecule has 0 bridgehead atoms. The van der Waals surface area contributed by atoms with Crippen LogP contribution in [-0.2, 0) is 0 Å². The molecule has 3 aliphatic rings. The number of nitrogens with zero attached hydrogens (tertiary/aromatic N) is 1. The van der Waals surface area contributed by atoms with Gasteiger partial charge in [0, 0.05) is 24.2 Å². The molecule has 2 N–H and O–H groups in total. The Morgan fingerprint density at radius 3 is 2.53 bits per heavy atom. The van der Waals surface area contributed by atoms with Gasteiger partial charge < -0.3 is 15.5 Å². The minimum Gasteiger partial charge on any atom is -0.314 e. The molecule has 110 valence electrons. The van der Waals surface area contributed by atoms with Crippen molar-refractivity contribution in [1.82, 2.24) is 15.5 Å². The summed E-state index contributed by atoms with van der Waals surface area (Å²) in [6.07, 6.45) is 11.2. The molecule has 3 fully saturated rings. The van der Waals surface area contributed by atoms with E-state index in [4.69, 9.17) is 0 Å². The third kappa shape index (κ3) is 2.70. The standard InChI is InChI=1S/C16H31N3/c1-19(2)16(9-5-10-16)12-18-15-7-3-6-13(15)14-8-4-11-17-14/h13-15,17-18H,3-12H2,1-2H3. The van der Waals surface area contributed by atoms with Crippen molar-refractivity contribution in [3.63, 3.8) is 0 Å². The lowest BCUT2D eigenvalue weighted by Crippen LogP contribution is -2.58. The molecule has 3 nitrogen and oxygen atoms in total. The molecule has 0 spiro atoms. The summed E-state index contributed by atoms with van der Waals surface area (Å²) in [5.74, 6) is 0.891. The van der Waals surface area contributed by atoms with E-state index in [9.17, 15) is 0 Å². The molecule has 0 aromatic rings. The normalized spacial score (nSPS) is 37.7. The molecule has 0 radical (unpaired) electrons. The van der Waals surface area contributed by atoms with Crippen molar-refractivity contribution in [2.24, 2.45) is 5.92 Å². The van der Waals surface area contributed by atoms with Gasteiger partial charge in [0.1, 0.15) is 0 Å². The first-order chi connectivity index (χ1) is 9.21. The molecule has 19 heavy (non-hydrogen) atoms. The summed E-state index contributed by atoms with van der Waals surface area (Å²) in [5.41, 5.74) is 0.468. The molecule has 0 aromatic carbocycles. The van der Waals surface area contributed by atoms with Gasteiger partial charge >= 0.3 is 0 Å². The van der Waals surface area contributed by atoms with Crippen molar-refractivity contribution < 1.29 is 0 Å². The largest absolute Gasteiger partial charge is 0.314 e. The fourth-order valence-electron chi connectivity index (χ4n) is 4.49. The Kier molecular flexibility index (Phi) is 4.16. The molecule has 2 saturated carbocycles. The Morgan fingerprint density at radius 2 is 1.95 bits per heavy atom. The Morgan fingerprint density at radius 1 is 1.11 bits per heavy atom. The fraction of sp³-hybridized carbons (Fsp3) is 1.00. The van der Waals surface area contributed by atoms with E-state index in [-0.39, 0.29) is 0 Å². The summed E-state index contributed by atoms with van der Waals surface area (Å²) >= 11 is 0. The predicted molar refractivity (Wildman–Crippen MR) is 80.4 cm³/mol. The maximum Gasteiger partial charge on any atom is 0.0328 e. The van der Waals surface area contributed by atoms with Crippen LogP contribution in [0.4, 0.5) is 0 Å². The van der Waals surface area contributed by atoms with Crippen molar-refractivity contribution in [3.8, 4) is 0 Å². The number of nitrogens with one attached hydrogen (secondary N) is 2. The summed E-state index contributed by atoms with van der Waals surface area (Å²) in [5, 5.41) is 7.68. The molecule has 2 aliphatic carbocycles. The van der Waals surface area contributed by atoms with Crippen molar-refractivity contribution in [2.45, 2.75) is 69.0 Å². The minimum atomic E-state index is 0.468. The van der Waals surface area contributed by atoms with E-state index in [1.165, 1.54) is 64.5 Å². The molecule has 1 heterocycles. The molecular weight excluding hydrogens is 234 g/mol. The van der Waals surface area contributed by atoms with Crippen LogP contribution in [0.2, 0.25) is 0 Å². The quantitative estimate of drug-likeness (QED) is 0.796. The minimum absolute atomic E-state index is 0.468. The van der Waals surface area contributed by atoms with Gasteiger partial charge in [-0.05, 0) is 71.5 Å².